The Morgan fingerprint density at radius 2 is 1.78 bits per heavy atom. The van der Waals surface area contributed by atoms with E-state index in [0.29, 0.717) is 17.3 Å². The molecular weight excluding hydrogens is 408 g/mol. The lowest BCUT2D eigenvalue weighted by Crippen LogP contribution is -2.33. The highest BCUT2D eigenvalue weighted by atomic mass is 16.5. The number of carbonyl (C=O) groups excluding carboxylic acids is 1. The third-order valence-corrected chi connectivity index (χ3v) is 4.61. The molecule has 9 nitrogen and oxygen atoms in total. The Morgan fingerprint density at radius 3 is 2.44 bits per heavy atom. The average molecular weight is 428 g/mol. The summed E-state index contributed by atoms with van der Waals surface area (Å²) in [6.07, 6.45) is 1.65. The highest BCUT2D eigenvalue weighted by Crippen LogP contribution is 2.22. The number of nitrogens with two attached hydrogens (primary N) is 1. The van der Waals surface area contributed by atoms with Crippen molar-refractivity contribution in [2.24, 2.45) is 5.73 Å². The van der Waals surface area contributed by atoms with E-state index in [0.717, 1.165) is 11.1 Å². The Labute approximate surface area is 183 Å². The van der Waals surface area contributed by atoms with Gasteiger partial charge in [0.15, 0.2) is 0 Å². The summed E-state index contributed by atoms with van der Waals surface area (Å²) in [5.41, 5.74) is 6.86. The Balaban J connectivity index is 1.61. The van der Waals surface area contributed by atoms with E-state index in [2.05, 4.69) is 20.5 Å². The van der Waals surface area contributed by atoms with E-state index >= 15 is 0 Å². The maximum Gasteiger partial charge on any atom is 0.287 e. The lowest BCUT2D eigenvalue weighted by atomic mass is 10.1. The Morgan fingerprint density at radius 1 is 1.03 bits per heavy atom. The van der Waals surface area contributed by atoms with Gasteiger partial charge in [0, 0.05) is 18.0 Å². The van der Waals surface area contributed by atoms with Gasteiger partial charge >= 0.3 is 0 Å². The van der Waals surface area contributed by atoms with Crippen molar-refractivity contribution in [1.29, 1.82) is 0 Å². The Kier molecular flexibility index (Phi) is 5.89. The summed E-state index contributed by atoms with van der Waals surface area (Å²) < 4.78 is 7.01. The molecule has 0 bridgehead atoms. The van der Waals surface area contributed by atoms with E-state index < -0.39 is 17.2 Å². The van der Waals surface area contributed by atoms with E-state index in [1.54, 1.807) is 42.6 Å². The van der Waals surface area contributed by atoms with Crippen LogP contribution in [-0.2, 0) is 6.54 Å². The minimum atomic E-state index is -0.928. The standard InChI is InChI=1S/C23H20N6O3/c1-15-5-7-16(8-6-15)14-29-22(31)20(21(24)30)27-28-23(29)26-17-9-11-18(12-10-17)32-19-4-2-3-13-25-19/h2-13H,14H2,1H3,(H2,24,30)(H,26,28). The van der Waals surface area contributed by atoms with E-state index in [9.17, 15) is 9.59 Å². The molecule has 3 N–H and O–H groups in total. The van der Waals surface area contributed by atoms with Crippen molar-refractivity contribution in [3.05, 3.63) is 100 Å². The molecule has 32 heavy (non-hydrogen) atoms. The first-order chi connectivity index (χ1) is 15.5. The molecule has 0 fully saturated rings. The second-order valence-electron chi connectivity index (χ2n) is 7.03. The summed E-state index contributed by atoms with van der Waals surface area (Å²) >= 11 is 0. The number of pyridine rings is 1. The zero-order valence-electron chi connectivity index (χ0n) is 17.2. The summed E-state index contributed by atoms with van der Waals surface area (Å²) in [7, 11) is 0. The molecule has 4 rings (SSSR count). The van der Waals surface area contributed by atoms with Crippen LogP contribution >= 0.6 is 0 Å². The fourth-order valence-electron chi connectivity index (χ4n) is 2.95. The van der Waals surface area contributed by atoms with Crippen LogP contribution in [0.3, 0.4) is 0 Å². The van der Waals surface area contributed by atoms with Crippen molar-refractivity contribution in [2.75, 3.05) is 5.32 Å². The number of nitrogens with one attached hydrogen (secondary N) is 1. The number of benzene rings is 2. The SMILES string of the molecule is Cc1ccc(Cn2c(Nc3ccc(Oc4ccccn4)cc3)nnc(C(N)=O)c2=O)cc1. The minimum absolute atomic E-state index is 0.180. The van der Waals surface area contributed by atoms with Gasteiger partial charge in [-0.2, -0.15) is 0 Å². The summed E-state index contributed by atoms with van der Waals surface area (Å²) in [6.45, 7) is 2.17. The van der Waals surface area contributed by atoms with Gasteiger partial charge in [-0.1, -0.05) is 35.9 Å². The number of anilines is 2. The van der Waals surface area contributed by atoms with E-state index in [1.807, 2.05) is 37.3 Å². The van der Waals surface area contributed by atoms with Crippen LogP contribution < -0.4 is 21.3 Å². The summed E-state index contributed by atoms with van der Waals surface area (Å²) in [6, 6.07) is 20.1. The number of hydrogen-bond acceptors (Lipinski definition) is 7. The van der Waals surface area contributed by atoms with Gasteiger partial charge in [0.05, 0.1) is 6.54 Å². The normalized spacial score (nSPS) is 10.5. The molecule has 9 heteroatoms. The molecular formula is C23H20N6O3. The molecule has 0 atom stereocenters. The second-order valence-corrected chi connectivity index (χ2v) is 7.03. The van der Waals surface area contributed by atoms with Crippen molar-refractivity contribution >= 4 is 17.5 Å². The molecule has 0 saturated heterocycles. The van der Waals surface area contributed by atoms with Crippen molar-refractivity contribution < 1.29 is 9.53 Å². The first-order valence-corrected chi connectivity index (χ1v) is 9.78. The van der Waals surface area contributed by atoms with Crippen LogP contribution in [0.2, 0.25) is 0 Å². The molecule has 0 radical (unpaired) electrons. The number of amides is 1. The van der Waals surface area contributed by atoms with E-state index in [4.69, 9.17) is 10.5 Å². The van der Waals surface area contributed by atoms with Crippen LogP contribution in [0.1, 0.15) is 21.6 Å². The van der Waals surface area contributed by atoms with Crippen LogP contribution in [0, 0.1) is 6.92 Å². The molecule has 2 aromatic heterocycles. The van der Waals surface area contributed by atoms with Crippen LogP contribution in [0.25, 0.3) is 0 Å². The maximum absolute atomic E-state index is 12.8. The third-order valence-electron chi connectivity index (χ3n) is 4.61. The second kappa shape index (κ2) is 9.09. The lowest BCUT2D eigenvalue weighted by molar-refractivity contribution is 0.0992. The first kappa shape index (κ1) is 20.7. The van der Waals surface area contributed by atoms with Gasteiger partial charge in [-0.05, 0) is 42.8 Å². The van der Waals surface area contributed by atoms with Gasteiger partial charge in [-0.3, -0.25) is 14.2 Å². The zero-order chi connectivity index (χ0) is 22.5. The van der Waals surface area contributed by atoms with E-state index in [1.165, 1.54) is 4.57 Å². The topological polar surface area (TPSA) is 125 Å². The van der Waals surface area contributed by atoms with Crippen molar-refractivity contribution in [3.8, 4) is 11.6 Å². The number of primary amides is 1. The number of nitrogens with zero attached hydrogens (tertiary/aromatic N) is 4. The van der Waals surface area contributed by atoms with Crippen molar-refractivity contribution in [2.45, 2.75) is 13.5 Å². The predicted molar refractivity (Wildman–Crippen MR) is 119 cm³/mol. The molecule has 0 aliphatic rings. The number of aromatic nitrogens is 4. The van der Waals surface area contributed by atoms with Gasteiger partial charge in [0.25, 0.3) is 11.5 Å². The van der Waals surface area contributed by atoms with Crippen LogP contribution in [-0.4, -0.2) is 25.7 Å². The molecule has 0 saturated carbocycles. The highest BCUT2D eigenvalue weighted by molar-refractivity contribution is 5.90. The number of rotatable bonds is 7. The molecule has 2 heterocycles. The monoisotopic (exact) mass is 428 g/mol. The molecule has 1 amide bonds. The molecule has 0 spiro atoms. The molecule has 0 unspecified atom stereocenters. The molecule has 0 aliphatic heterocycles. The summed E-state index contributed by atoms with van der Waals surface area (Å²) in [5, 5.41) is 10.8. The fourth-order valence-corrected chi connectivity index (χ4v) is 2.95. The molecule has 2 aromatic carbocycles. The quantitative estimate of drug-likeness (QED) is 0.463. The zero-order valence-corrected chi connectivity index (χ0v) is 17.2. The van der Waals surface area contributed by atoms with Gasteiger partial charge in [-0.25, -0.2) is 4.98 Å². The minimum Gasteiger partial charge on any atom is -0.439 e. The summed E-state index contributed by atoms with van der Waals surface area (Å²) in [4.78, 5) is 28.6. The van der Waals surface area contributed by atoms with Crippen LogP contribution in [0.4, 0.5) is 11.6 Å². The number of aryl methyl sites for hydroxylation is 1. The molecule has 160 valence electrons. The van der Waals surface area contributed by atoms with Crippen LogP contribution in [0.5, 0.6) is 11.6 Å². The number of hydrogen-bond donors (Lipinski definition) is 2. The van der Waals surface area contributed by atoms with Crippen LogP contribution in [0.15, 0.2) is 77.7 Å². The maximum atomic E-state index is 12.8. The third kappa shape index (κ3) is 4.78. The van der Waals surface area contributed by atoms with Gasteiger partial charge in [-0.15, -0.1) is 10.2 Å². The molecule has 4 aromatic rings. The fraction of sp³-hybridized carbons (Fsp3) is 0.0870. The highest BCUT2D eigenvalue weighted by Gasteiger charge is 2.16. The Bertz CT molecular complexity index is 1290. The number of carbonyl (C=O) groups is 1. The smallest absolute Gasteiger partial charge is 0.287 e. The summed E-state index contributed by atoms with van der Waals surface area (Å²) in [5.74, 6) is 0.330. The Hall–Kier alpha value is -4.53. The van der Waals surface area contributed by atoms with Gasteiger partial charge < -0.3 is 15.8 Å². The van der Waals surface area contributed by atoms with Gasteiger partial charge in [0.2, 0.25) is 17.5 Å². The lowest BCUT2D eigenvalue weighted by Gasteiger charge is -2.14. The average Bonchev–Trinajstić information content (AvgIpc) is 2.79. The predicted octanol–water partition coefficient (Wildman–Crippen LogP) is 3.02. The largest absolute Gasteiger partial charge is 0.439 e. The van der Waals surface area contributed by atoms with E-state index in [-0.39, 0.29) is 12.5 Å². The van der Waals surface area contributed by atoms with Crippen molar-refractivity contribution in [3.63, 3.8) is 0 Å². The number of ether oxygens (including phenoxy) is 1. The van der Waals surface area contributed by atoms with Crippen molar-refractivity contribution in [1.82, 2.24) is 19.7 Å². The molecule has 0 aliphatic carbocycles. The van der Waals surface area contributed by atoms with Gasteiger partial charge in [0.1, 0.15) is 5.75 Å². The first-order valence-electron chi connectivity index (χ1n) is 9.78.